The molecular weight excluding hydrogens is 261 g/mol. The number of pyridine rings is 1. The van der Waals surface area contributed by atoms with E-state index >= 15 is 0 Å². The molecule has 0 radical (unpaired) electrons. The lowest BCUT2D eigenvalue weighted by atomic mass is 10.1. The molecule has 0 spiro atoms. The molecule has 0 saturated carbocycles. The van der Waals surface area contributed by atoms with Crippen LogP contribution in [-0.4, -0.2) is 11.0 Å². The molecule has 104 valence electrons. The van der Waals surface area contributed by atoms with Gasteiger partial charge in [0.2, 0.25) is 11.8 Å². The third-order valence-corrected chi connectivity index (χ3v) is 2.57. The minimum absolute atomic E-state index is 0.0997. The Kier molecular flexibility index (Phi) is 4.30. The van der Waals surface area contributed by atoms with E-state index in [2.05, 4.69) is 4.98 Å². The van der Waals surface area contributed by atoms with E-state index in [-0.39, 0.29) is 5.88 Å². The van der Waals surface area contributed by atoms with Crippen molar-refractivity contribution in [2.75, 3.05) is 0 Å². The summed E-state index contributed by atoms with van der Waals surface area (Å²) in [5.41, 5.74) is 1.00. The molecule has 1 heterocycles. The number of benzene rings is 1. The fourth-order valence-corrected chi connectivity index (χ4v) is 1.65. The Morgan fingerprint density at radius 3 is 2.70 bits per heavy atom. The zero-order valence-electron chi connectivity index (χ0n) is 11.2. The summed E-state index contributed by atoms with van der Waals surface area (Å²) in [6.07, 6.45) is 0.798. The average molecular weight is 275 g/mol. The standard InChI is InChI=1S/C15H14FNO3/c1-3-11-7-8-12(13(9-11)19-10(2)18)20-15-6-4-5-14(16)17-15/h4-9H,3H2,1-2H3. The van der Waals surface area contributed by atoms with E-state index in [0.29, 0.717) is 11.5 Å². The van der Waals surface area contributed by atoms with Crippen LogP contribution < -0.4 is 9.47 Å². The van der Waals surface area contributed by atoms with Crippen molar-refractivity contribution < 1.29 is 18.7 Å². The summed E-state index contributed by atoms with van der Waals surface area (Å²) in [6.45, 7) is 3.30. The van der Waals surface area contributed by atoms with Gasteiger partial charge in [-0.3, -0.25) is 4.79 Å². The first-order valence-electron chi connectivity index (χ1n) is 6.20. The summed E-state index contributed by atoms with van der Waals surface area (Å²) >= 11 is 0. The van der Waals surface area contributed by atoms with Gasteiger partial charge in [0.05, 0.1) is 0 Å². The lowest BCUT2D eigenvalue weighted by Gasteiger charge is -2.11. The van der Waals surface area contributed by atoms with Crippen molar-refractivity contribution in [2.45, 2.75) is 20.3 Å². The van der Waals surface area contributed by atoms with Crippen LogP contribution in [0.4, 0.5) is 4.39 Å². The molecule has 0 saturated heterocycles. The van der Waals surface area contributed by atoms with Gasteiger partial charge in [-0.05, 0) is 30.2 Å². The summed E-state index contributed by atoms with van der Waals surface area (Å²) in [4.78, 5) is 14.7. The van der Waals surface area contributed by atoms with E-state index in [1.54, 1.807) is 12.1 Å². The number of rotatable bonds is 4. The normalized spacial score (nSPS) is 10.2. The number of hydrogen-bond acceptors (Lipinski definition) is 4. The first kappa shape index (κ1) is 14.0. The van der Waals surface area contributed by atoms with Gasteiger partial charge in [-0.25, -0.2) is 0 Å². The summed E-state index contributed by atoms with van der Waals surface area (Å²) in [5, 5.41) is 0. The van der Waals surface area contributed by atoms with E-state index in [9.17, 15) is 9.18 Å². The van der Waals surface area contributed by atoms with E-state index < -0.39 is 11.9 Å². The van der Waals surface area contributed by atoms with Crippen molar-refractivity contribution in [1.82, 2.24) is 4.98 Å². The van der Waals surface area contributed by atoms with E-state index in [0.717, 1.165) is 12.0 Å². The molecule has 2 aromatic rings. The molecule has 0 unspecified atom stereocenters. The second kappa shape index (κ2) is 6.14. The SMILES string of the molecule is CCc1ccc(Oc2cccc(F)n2)c(OC(C)=O)c1. The van der Waals surface area contributed by atoms with Crippen LogP contribution in [0.15, 0.2) is 36.4 Å². The number of halogens is 1. The second-order valence-electron chi connectivity index (χ2n) is 4.13. The van der Waals surface area contributed by atoms with Crippen molar-refractivity contribution in [3.8, 4) is 17.4 Å². The smallest absolute Gasteiger partial charge is 0.308 e. The topological polar surface area (TPSA) is 48.4 Å². The number of carbonyl (C=O) groups is 1. The van der Waals surface area contributed by atoms with Crippen molar-refractivity contribution in [2.24, 2.45) is 0 Å². The number of nitrogens with zero attached hydrogens (tertiary/aromatic N) is 1. The maximum atomic E-state index is 13.0. The maximum Gasteiger partial charge on any atom is 0.308 e. The van der Waals surface area contributed by atoms with Gasteiger partial charge in [0, 0.05) is 13.0 Å². The van der Waals surface area contributed by atoms with Crippen LogP contribution in [0.1, 0.15) is 19.4 Å². The number of esters is 1. The van der Waals surface area contributed by atoms with Crippen molar-refractivity contribution in [3.05, 3.63) is 47.9 Å². The Morgan fingerprint density at radius 1 is 1.25 bits per heavy atom. The molecule has 20 heavy (non-hydrogen) atoms. The number of carbonyl (C=O) groups excluding carboxylic acids is 1. The fourth-order valence-electron chi connectivity index (χ4n) is 1.65. The van der Waals surface area contributed by atoms with Crippen LogP contribution in [0, 0.1) is 5.95 Å². The molecule has 5 heteroatoms. The first-order chi connectivity index (χ1) is 9.58. The third-order valence-electron chi connectivity index (χ3n) is 2.57. The molecule has 0 aliphatic rings. The van der Waals surface area contributed by atoms with Gasteiger partial charge in [-0.15, -0.1) is 0 Å². The van der Waals surface area contributed by atoms with E-state index in [1.165, 1.54) is 25.1 Å². The lowest BCUT2D eigenvalue weighted by Crippen LogP contribution is -2.03. The van der Waals surface area contributed by atoms with Crippen molar-refractivity contribution in [3.63, 3.8) is 0 Å². The summed E-state index contributed by atoms with van der Waals surface area (Å²) < 4.78 is 23.6. The summed E-state index contributed by atoms with van der Waals surface area (Å²) in [7, 11) is 0. The first-order valence-corrected chi connectivity index (χ1v) is 6.20. The van der Waals surface area contributed by atoms with Crippen LogP contribution in [0.25, 0.3) is 0 Å². The van der Waals surface area contributed by atoms with Gasteiger partial charge < -0.3 is 9.47 Å². The summed E-state index contributed by atoms with van der Waals surface area (Å²) in [5.74, 6) is -0.377. The van der Waals surface area contributed by atoms with Gasteiger partial charge in [-0.1, -0.05) is 19.1 Å². The highest BCUT2D eigenvalue weighted by molar-refractivity contribution is 5.70. The largest absolute Gasteiger partial charge is 0.435 e. The second-order valence-corrected chi connectivity index (χ2v) is 4.13. The van der Waals surface area contributed by atoms with Gasteiger partial charge in [0.15, 0.2) is 11.5 Å². The lowest BCUT2D eigenvalue weighted by molar-refractivity contribution is -0.132. The van der Waals surface area contributed by atoms with Crippen molar-refractivity contribution >= 4 is 5.97 Å². The molecule has 0 amide bonds. The molecule has 0 fully saturated rings. The number of hydrogen-bond donors (Lipinski definition) is 0. The molecule has 1 aromatic heterocycles. The average Bonchev–Trinajstić information content (AvgIpc) is 2.40. The molecule has 4 nitrogen and oxygen atoms in total. The van der Waals surface area contributed by atoms with Crippen LogP contribution in [0.3, 0.4) is 0 Å². The van der Waals surface area contributed by atoms with Crippen LogP contribution in [0.2, 0.25) is 0 Å². The minimum Gasteiger partial charge on any atom is -0.435 e. The Labute approximate surface area is 116 Å². The predicted octanol–water partition coefficient (Wildman–Crippen LogP) is 3.50. The van der Waals surface area contributed by atoms with Crippen molar-refractivity contribution in [1.29, 1.82) is 0 Å². The highest BCUT2D eigenvalue weighted by Gasteiger charge is 2.10. The molecule has 0 bridgehead atoms. The monoisotopic (exact) mass is 275 g/mol. The molecule has 0 aliphatic carbocycles. The highest BCUT2D eigenvalue weighted by Crippen LogP contribution is 2.32. The molecule has 0 N–H and O–H groups in total. The van der Waals surface area contributed by atoms with E-state index in [4.69, 9.17) is 9.47 Å². The molecule has 1 aromatic carbocycles. The fraction of sp³-hybridized carbons (Fsp3) is 0.200. The number of aromatic nitrogens is 1. The van der Waals surface area contributed by atoms with Gasteiger partial charge in [0.1, 0.15) is 0 Å². The highest BCUT2D eigenvalue weighted by atomic mass is 19.1. The van der Waals surface area contributed by atoms with Gasteiger partial charge >= 0.3 is 5.97 Å². The Balaban J connectivity index is 2.32. The minimum atomic E-state index is -0.637. The molecule has 0 aliphatic heterocycles. The molecule has 2 rings (SSSR count). The van der Waals surface area contributed by atoms with Gasteiger partial charge in [0.25, 0.3) is 0 Å². The zero-order chi connectivity index (χ0) is 14.5. The quantitative estimate of drug-likeness (QED) is 0.487. The van der Waals surface area contributed by atoms with E-state index in [1.807, 2.05) is 13.0 Å². The van der Waals surface area contributed by atoms with Crippen LogP contribution in [0.5, 0.6) is 17.4 Å². The Bertz CT molecular complexity index is 628. The van der Waals surface area contributed by atoms with Crippen LogP contribution in [-0.2, 0) is 11.2 Å². The Morgan fingerprint density at radius 2 is 2.05 bits per heavy atom. The number of ether oxygens (including phenoxy) is 2. The third kappa shape index (κ3) is 3.54. The zero-order valence-corrected chi connectivity index (χ0v) is 11.2. The molecular formula is C15H14FNO3. The maximum absolute atomic E-state index is 13.0. The molecule has 0 atom stereocenters. The summed E-state index contributed by atoms with van der Waals surface area (Å²) in [6, 6.07) is 9.47. The van der Waals surface area contributed by atoms with Gasteiger partial charge in [-0.2, -0.15) is 9.37 Å². The Hall–Kier alpha value is -2.43. The number of aryl methyl sites for hydroxylation is 1. The predicted molar refractivity (Wildman–Crippen MR) is 71.4 cm³/mol. The van der Waals surface area contributed by atoms with Crippen LogP contribution >= 0.6 is 0 Å².